The second-order valence-electron chi connectivity index (χ2n) is 11.3. The van der Waals surface area contributed by atoms with Crippen molar-refractivity contribution in [3.8, 4) is 16.9 Å². The third-order valence-electron chi connectivity index (χ3n) is 8.33. The number of fused-ring (bicyclic) bond motifs is 1. The van der Waals surface area contributed by atoms with Crippen LogP contribution in [0.3, 0.4) is 0 Å². The maximum atomic E-state index is 13.1. The van der Waals surface area contributed by atoms with Crippen molar-refractivity contribution in [3.05, 3.63) is 54.2 Å². The Morgan fingerprint density at radius 1 is 1.00 bits per heavy atom. The summed E-state index contributed by atoms with van der Waals surface area (Å²) in [6.07, 6.45) is 8.21. The molecule has 0 radical (unpaired) electrons. The maximum absolute atomic E-state index is 13.1. The Morgan fingerprint density at radius 3 is 2.49 bits per heavy atom. The molecule has 5 nitrogen and oxygen atoms in total. The van der Waals surface area contributed by atoms with Gasteiger partial charge < -0.3 is 20.4 Å². The number of alkyl halides is 3. The Bertz CT molecular complexity index is 1270. The van der Waals surface area contributed by atoms with E-state index in [0.717, 1.165) is 48.7 Å². The fourth-order valence-corrected chi connectivity index (χ4v) is 6.27. The van der Waals surface area contributed by atoms with Crippen molar-refractivity contribution in [2.75, 3.05) is 0 Å². The summed E-state index contributed by atoms with van der Waals surface area (Å²) in [4.78, 5) is 12.8. The minimum absolute atomic E-state index is 0.0312. The average molecular weight is 542 g/mol. The van der Waals surface area contributed by atoms with Gasteiger partial charge in [-0.25, -0.2) is 0 Å². The predicted octanol–water partition coefficient (Wildman–Crippen LogP) is 7.11. The zero-order valence-electron chi connectivity index (χ0n) is 22.3. The first-order chi connectivity index (χ1) is 18.7. The van der Waals surface area contributed by atoms with Crippen LogP contribution in [-0.2, 0) is 17.8 Å². The standard InChI is InChI=1S/C31H38F3N3O2/c32-31(33,34)39-29-9-5-4-8-26(29)22-10-16-28-27(18-22)23(20-37(28)19-21-6-2-1-3-7-21)11-17-30(38)36-25-14-12-24(35)13-15-25/h4-5,8-10,16,18,20-21,24-25H,1-3,6-7,11-15,17,19,35H2,(H,36,38)/t24-,25-. The zero-order chi connectivity index (χ0) is 27.4. The van der Waals surface area contributed by atoms with Crippen LogP contribution < -0.4 is 15.8 Å². The van der Waals surface area contributed by atoms with Crippen LogP contribution in [-0.4, -0.2) is 28.9 Å². The van der Waals surface area contributed by atoms with Crippen molar-refractivity contribution in [2.45, 2.75) is 95.6 Å². The van der Waals surface area contributed by atoms with Crippen LogP contribution in [0.15, 0.2) is 48.7 Å². The van der Waals surface area contributed by atoms with Crippen molar-refractivity contribution >= 4 is 16.8 Å². The van der Waals surface area contributed by atoms with E-state index in [0.29, 0.717) is 29.9 Å². The van der Waals surface area contributed by atoms with E-state index in [-0.39, 0.29) is 23.7 Å². The summed E-state index contributed by atoms with van der Waals surface area (Å²) < 4.78 is 45.8. The van der Waals surface area contributed by atoms with Crippen LogP contribution in [0.5, 0.6) is 5.75 Å². The molecule has 3 N–H and O–H groups in total. The molecule has 0 atom stereocenters. The van der Waals surface area contributed by atoms with Crippen molar-refractivity contribution < 1.29 is 22.7 Å². The van der Waals surface area contributed by atoms with Crippen molar-refractivity contribution in [3.63, 3.8) is 0 Å². The number of hydrogen-bond donors (Lipinski definition) is 2. The van der Waals surface area contributed by atoms with Gasteiger partial charge in [0.2, 0.25) is 5.91 Å². The fourth-order valence-electron chi connectivity index (χ4n) is 6.27. The number of carbonyl (C=O) groups is 1. The second kappa shape index (κ2) is 12.0. The van der Waals surface area contributed by atoms with Gasteiger partial charge in [-0.2, -0.15) is 0 Å². The van der Waals surface area contributed by atoms with Crippen molar-refractivity contribution in [2.24, 2.45) is 11.7 Å². The molecule has 1 aromatic heterocycles. The van der Waals surface area contributed by atoms with Crippen LogP contribution in [0.2, 0.25) is 0 Å². The first-order valence-electron chi connectivity index (χ1n) is 14.3. The molecule has 39 heavy (non-hydrogen) atoms. The molecule has 2 aliphatic carbocycles. The third-order valence-corrected chi connectivity index (χ3v) is 8.33. The number of carbonyl (C=O) groups excluding carboxylic acids is 1. The highest BCUT2D eigenvalue weighted by atomic mass is 19.4. The molecule has 2 fully saturated rings. The predicted molar refractivity (Wildman–Crippen MR) is 147 cm³/mol. The number of ether oxygens (including phenoxy) is 1. The fraction of sp³-hybridized carbons (Fsp3) is 0.516. The summed E-state index contributed by atoms with van der Waals surface area (Å²) in [7, 11) is 0. The van der Waals surface area contributed by atoms with E-state index in [1.165, 1.54) is 44.2 Å². The smallest absolute Gasteiger partial charge is 0.405 e. The van der Waals surface area contributed by atoms with Crippen LogP contribution in [0.1, 0.15) is 69.8 Å². The lowest BCUT2D eigenvalue weighted by molar-refractivity contribution is -0.274. The molecule has 8 heteroatoms. The minimum atomic E-state index is -4.77. The van der Waals surface area contributed by atoms with Gasteiger partial charge in [-0.05, 0) is 80.2 Å². The molecule has 2 aromatic carbocycles. The number of rotatable bonds is 8. The van der Waals surface area contributed by atoms with Gasteiger partial charge in [0.1, 0.15) is 5.75 Å². The monoisotopic (exact) mass is 541 g/mol. The number of aryl methyl sites for hydroxylation is 1. The molecule has 2 aliphatic rings. The van der Waals surface area contributed by atoms with E-state index in [1.807, 2.05) is 18.2 Å². The average Bonchev–Trinajstić information content (AvgIpc) is 3.25. The summed E-state index contributed by atoms with van der Waals surface area (Å²) in [5.41, 5.74) is 9.13. The van der Waals surface area contributed by atoms with E-state index in [4.69, 9.17) is 5.73 Å². The van der Waals surface area contributed by atoms with Gasteiger partial charge >= 0.3 is 6.36 Å². The number of para-hydroxylation sites is 1. The number of benzene rings is 2. The summed E-state index contributed by atoms with van der Waals surface area (Å²) >= 11 is 0. The maximum Gasteiger partial charge on any atom is 0.573 e. The van der Waals surface area contributed by atoms with E-state index >= 15 is 0 Å². The topological polar surface area (TPSA) is 69.3 Å². The molecule has 0 saturated heterocycles. The molecular formula is C31H38F3N3O2. The van der Waals surface area contributed by atoms with Crippen LogP contribution >= 0.6 is 0 Å². The lowest BCUT2D eigenvalue weighted by Gasteiger charge is -2.26. The van der Waals surface area contributed by atoms with Gasteiger partial charge in [0.25, 0.3) is 0 Å². The van der Waals surface area contributed by atoms with Crippen LogP contribution in [0.25, 0.3) is 22.0 Å². The van der Waals surface area contributed by atoms with Gasteiger partial charge in [-0.15, -0.1) is 13.2 Å². The Morgan fingerprint density at radius 2 is 1.74 bits per heavy atom. The summed E-state index contributed by atoms with van der Waals surface area (Å²) in [6.45, 7) is 0.915. The first-order valence-corrected chi connectivity index (χ1v) is 14.3. The summed E-state index contributed by atoms with van der Waals surface area (Å²) in [5, 5.41) is 4.15. The minimum Gasteiger partial charge on any atom is -0.405 e. The van der Waals surface area contributed by atoms with Gasteiger partial charge in [-0.3, -0.25) is 4.79 Å². The molecule has 1 amide bonds. The molecule has 0 bridgehead atoms. The van der Waals surface area contributed by atoms with E-state index in [1.54, 1.807) is 12.1 Å². The highest BCUT2D eigenvalue weighted by Crippen LogP contribution is 2.37. The lowest BCUT2D eigenvalue weighted by Crippen LogP contribution is -2.40. The summed E-state index contributed by atoms with van der Waals surface area (Å²) in [5.74, 6) is 0.423. The van der Waals surface area contributed by atoms with E-state index in [9.17, 15) is 18.0 Å². The molecular weight excluding hydrogens is 503 g/mol. The quantitative estimate of drug-likeness (QED) is 0.319. The van der Waals surface area contributed by atoms with Gasteiger partial charge in [0, 0.05) is 47.7 Å². The van der Waals surface area contributed by atoms with Crippen LogP contribution in [0, 0.1) is 5.92 Å². The number of nitrogens with two attached hydrogens (primary N) is 1. The molecule has 210 valence electrons. The molecule has 5 rings (SSSR count). The first kappa shape index (κ1) is 27.6. The number of amides is 1. The van der Waals surface area contributed by atoms with Gasteiger partial charge in [0.05, 0.1) is 0 Å². The van der Waals surface area contributed by atoms with Gasteiger partial charge in [-0.1, -0.05) is 43.5 Å². The number of nitrogens with one attached hydrogen (secondary N) is 1. The van der Waals surface area contributed by atoms with Crippen molar-refractivity contribution in [1.29, 1.82) is 0 Å². The highest BCUT2D eigenvalue weighted by Gasteiger charge is 2.32. The highest BCUT2D eigenvalue weighted by molar-refractivity contribution is 5.90. The second-order valence-corrected chi connectivity index (χ2v) is 11.3. The van der Waals surface area contributed by atoms with Gasteiger partial charge in [0.15, 0.2) is 0 Å². The van der Waals surface area contributed by atoms with E-state index < -0.39 is 6.36 Å². The largest absolute Gasteiger partial charge is 0.573 e. The molecule has 3 aromatic rings. The third kappa shape index (κ3) is 7.15. The van der Waals surface area contributed by atoms with Crippen molar-refractivity contribution in [1.82, 2.24) is 9.88 Å². The molecule has 0 unspecified atom stereocenters. The van der Waals surface area contributed by atoms with Crippen LogP contribution in [0.4, 0.5) is 13.2 Å². The lowest BCUT2D eigenvalue weighted by atomic mass is 9.89. The number of nitrogens with zero attached hydrogens (tertiary/aromatic N) is 1. The normalized spacial score (nSPS) is 20.7. The number of hydrogen-bond acceptors (Lipinski definition) is 3. The Hall–Kier alpha value is -3.00. The number of halogens is 3. The molecule has 1 heterocycles. The Kier molecular flexibility index (Phi) is 8.50. The Balaban J connectivity index is 1.41. The number of aromatic nitrogens is 1. The summed E-state index contributed by atoms with van der Waals surface area (Å²) in [6, 6.07) is 12.4. The Labute approximate surface area is 227 Å². The SMILES string of the molecule is N[C@H]1CC[C@H](NC(=O)CCc2cn(CC3CCCCC3)c3ccc(-c4ccccc4OC(F)(F)F)cc23)CC1. The van der Waals surface area contributed by atoms with E-state index in [2.05, 4.69) is 20.8 Å². The molecule has 2 saturated carbocycles. The molecule has 0 spiro atoms. The zero-order valence-corrected chi connectivity index (χ0v) is 22.3. The molecule has 0 aliphatic heterocycles.